The summed E-state index contributed by atoms with van der Waals surface area (Å²) in [6, 6.07) is 0.390. The molecular weight excluding hydrogens is 318 g/mol. The van der Waals surface area contributed by atoms with Crippen molar-refractivity contribution >= 4 is 12.1 Å². The van der Waals surface area contributed by atoms with Gasteiger partial charge in [0.25, 0.3) is 0 Å². The molecule has 0 bridgehead atoms. The zero-order valence-electron chi connectivity index (χ0n) is 17.1. The lowest BCUT2D eigenvalue weighted by molar-refractivity contribution is 0.0186. The monoisotopic (exact) mass is 355 g/mol. The number of carbonyl (C=O) groups excluding carboxylic acids is 1. The van der Waals surface area contributed by atoms with Gasteiger partial charge in [0.2, 0.25) is 0 Å². The first-order valence-electron chi connectivity index (χ1n) is 9.19. The first-order valence-corrected chi connectivity index (χ1v) is 9.19. The number of rotatable bonds is 5. The van der Waals surface area contributed by atoms with Crippen molar-refractivity contribution in [3.05, 3.63) is 0 Å². The molecule has 25 heavy (non-hydrogen) atoms. The molecule has 0 aliphatic carbocycles. The van der Waals surface area contributed by atoms with E-state index in [0.29, 0.717) is 50.6 Å². The van der Waals surface area contributed by atoms with Crippen LogP contribution in [0.15, 0.2) is 4.99 Å². The second-order valence-electron chi connectivity index (χ2n) is 8.40. The standard InChI is InChI=1S/C18H37N5O2/c1-14(2)12-15(21(6)7)13-20-16(19)22-8-10-23(11-9-22)17(24)25-18(3,4)5/h14-15H,8-13H2,1-7H3,(H2,19,20). The Bertz CT molecular complexity index is 449. The zero-order chi connectivity index (χ0) is 19.2. The average molecular weight is 356 g/mol. The summed E-state index contributed by atoms with van der Waals surface area (Å²) >= 11 is 0. The molecule has 1 aliphatic heterocycles. The van der Waals surface area contributed by atoms with Crippen molar-refractivity contribution < 1.29 is 9.53 Å². The van der Waals surface area contributed by atoms with Gasteiger partial charge in [0.05, 0.1) is 6.54 Å². The molecule has 146 valence electrons. The highest BCUT2D eigenvalue weighted by atomic mass is 16.6. The van der Waals surface area contributed by atoms with E-state index in [1.54, 1.807) is 4.90 Å². The smallest absolute Gasteiger partial charge is 0.410 e. The van der Waals surface area contributed by atoms with Gasteiger partial charge in [0, 0.05) is 32.2 Å². The summed E-state index contributed by atoms with van der Waals surface area (Å²) in [5.74, 6) is 1.20. The third kappa shape index (κ3) is 7.94. The van der Waals surface area contributed by atoms with E-state index in [0.717, 1.165) is 6.42 Å². The van der Waals surface area contributed by atoms with Crippen LogP contribution in [0.25, 0.3) is 0 Å². The number of hydrogen-bond donors (Lipinski definition) is 1. The zero-order valence-corrected chi connectivity index (χ0v) is 17.1. The Hall–Kier alpha value is -1.50. The molecule has 7 nitrogen and oxygen atoms in total. The Balaban J connectivity index is 2.51. The van der Waals surface area contributed by atoms with Crippen molar-refractivity contribution in [2.24, 2.45) is 16.6 Å². The van der Waals surface area contributed by atoms with Crippen molar-refractivity contribution in [3.63, 3.8) is 0 Å². The van der Waals surface area contributed by atoms with Gasteiger partial charge in [-0.2, -0.15) is 0 Å². The summed E-state index contributed by atoms with van der Waals surface area (Å²) in [6.07, 6.45) is 0.836. The number of hydrogen-bond acceptors (Lipinski definition) is 4. The molecule has 1 heterocycles. The van der Waals surface area contributed by atoms with Gasteiger partial charge in [-0.15, -0.1) is 0 Å². The first kappa shape index (κ1) is 21.5. The molecule has 0 aromatic rings. The fourth-order valence-electron chi connectivity index (χ4n) is 2.74. The van der Waals surface area contributed by atoms with Crippen LogP contribution in [0, 0.1) is 5.92 Å². The van der Waals surface area contributed by atoms with E-state index < -0.39 is 5.60 Å². The van der Waals surface area contributed by atoms with Gasteiger partial charge in [-0.3, -0.25) is 4.99 Å². The van der Waals surface area contributed by atoms with Crippen LogP contribution in [-0.2, 0) is 4.74 Å². The van der Waals surface area contributed by atoms with E-state index in [9.17, 15) is 4.79 Å². The Morgan fingerprint density at radius 1 is 1.16 bits per heavy atom. The predicted molar refractivity (Wildman–Crippen MR) is 103 cm³/mol. The lowest BCUT2D eigenvalue weighted by Crippen LogP contribution is -2.53. The summed E-state index contributed by atoms with van der Waals surface area (Å²) in [7, 11) is 4.16. The van der Waals surface area contributed by atoms with Crippen molar-refractivity contribution in [3.8, 4) is 0 Å². The van der Waals surface area contributed by atoms with Crippen LogP contribution in [0.2, 0.25) is 0 Å². The van der Waals surface area contributed by atoms with Gasteiger partial charge in [0.15, 0.2) is 5.96 Å². The minimum Gasteiger partial charge on any atom is -0.444 e. The van der Waals surface area contributed by atoms with Crippen LogP contribution < -0.4 is 5.73 Å². The summed E-state index contributed by atoms with van der Waals surface area (Å²) in [6.45, 7) is 13.4. The third-order valence-corrected chi connectivity index (χ3v) is 4.19. The Kier molecular flexibility index (Phi) is 7.99. The second kappa shape index (κ2) is 9.27. The van der Waals surface area contributed by atoms with Crippen molar-refractivity contribution in [1.82, 2.24) is 14.7 Å². The maximum absolute atomic E-state index is 12.1. The third-order valence-electron chi connectivity index (χ3n) is 4.19. The number of nitrogens with zero attached hydrogens (tertiary/aromatic N) is 4. The SMILES string of the molecule is CC(C)CC(CN=C(N)N1CCN(C(=O)OC(C)(C)C)CC1)N(C)C. The topological polar surface area (TPSA) is 74.4 Å². The molecule has 0 saturated carbocycles. The van der Waals surface area contributed by atoms with E-state index in [1.807, 2.05) is 25.7 Å². The molecule has 1 fully saturated rings. The summed E-state index contributed by atoms with van der Waals surface area (Å²) < 4.78 is 5.42. The highest BCUT2D eigenvalue weighted by Gasteiger charge is 2.26. The maximum atomic E-state index is 12.1. The number of guanidine groups is 1. The molecule has 1 aliphatic rings. The Morgan fingerprint density at radius 2 is 1.68 bits per heavy atom. The molecule has 1 saturated heterocycles. The number of carbonyl (C=O) groups is 1. The van der Waals surface area contributed by atoms with Crippen LogP contribution in [0.5, 0.6) is 0 Å². The Labute approximate surface area is 153 Å². The quantitative estimate of drug-likeness (QED) is 0.601. The van der Waals surface area contributed by atoms with E-state index >= 15 is 0 Å². The van der Waals surface area contributed by atoms with Gasteiger partial charge in [-0.1, -0.05) is 13.8 Å². The van der Waals surface area contributed by atoms with Crippen LogP contribution in [-0.4, -0.2) is 85.2 Å². The van der Waals surface area contributed by atoms with E-state index in [4.69, 9.17) is 10.5 Å². The van der Waals surface area contributed by atoms with Crippen molar-refractivity contribution in [2.45, 2.75) is 52.7 Å². The van der Waals surface area contributed by atoms with Gasteiger partial charge in [0.1, 0.15) is 5.60 Å². The minimum atomic E-state index is -0.466. The number of ether oxygens (including phenoxy) is 1. The number of nitrogens with two attached hydrogens (primary N) is 1. The minimum absolute atomic E-state index is 0.257. The van der Waals surface area contributed by atoms with E-state index in [1.165, 1.54) is 0 Å². The van der Waals surface area contributed by atoms with Crippen molar-refractivity contribution in [1.29, 1.82) is 0 Å². The van der Waals surface area contributed by atoms with E-state index in [2.05, 4.69) is 37.8 Å². The molecule has 7 heteroatoms. The van der Waals surface area contributed by atoms with Crippen LogP contribution >= 0.6 is 0 Å². The molecule has 1 unspecified atom stereocenters. The fraction of sp³-hybridized carbons (Fsp3) is 0.889. The predicted octanol–water partition coefficient (Wildman–Crippen LogP) is 1.83. The van der Waals surface area contributed by atoms with Crippen LogP contribution in [0.3, 0.4) is 0 Å². The van der Waals surface area contributed by atoms with Gasteiger partial charge in [-0.25, -0.2) is 4.79 Å². The van der Waals surface area contributed by atoms with Gasteiger partial charge in [-0.05, 0) is 47.2 Å². The fourth-order valence-corrected chi connectivity index (χ4v) is 2.74. The molecule has 1 amide bonds. The molecular formula is C18H37N5O2. The molecule has 0 radical (unpaired) electrons. The average Bonchev–Trinajstić information content (AvgIpc) is 2.49. The summed E-state index contributed by atoms with van der Waals surface area (Å²) in [5.41, 5.74) is 5.71. The molecule has 1 rings (SSSR count). The van der Waals surface area contributed by atoms with Gasteiger partial charge < -0.3 is 25.2 Å². The summed E-state index contributed by atoms with van der Waals surface area (Å²) in [4.78, 5) is 22.7. The van der Waals surface area contributed by atoms with E-state index in [-0.39, 0.29) is 6.09 Å². The number of piperazine rings is 1. The van der Waals surface area contributed by atoms with Crippen LogP contribution in [0.4, 0.5) is 4.79 Å². The largest absolute Gasteiger partial charge is 0.444 e. The Morgan fingerprint density at radius 3 is 2.12 bits per heavy atom. The lowest BCUT2D eigenvalue weighted by atomic mass is 10.0. The first-order chi connectivity index (χ1) is 11.5. The molecule has 1 atom stereocenters. The maximum Gasteiger partial charge on any atom is 0.410 e. The van der Waals surface area contributed by atoms with Gasteiger partial charge >= 0.3 is 6.09 Å². The molecule has 0 aromatic carbocycles. The normalized spacial score (nSPS) is 18.0. The highest BCUT2D eigenvalue weighted by Crippen LogP contribution is 2.12. The number of aliphatic imine (C=N–C) groups is 1. The molecule has 2 N–H and O–H groups in total. The van der Waals surface area contributed by atoms with Crippen LogP contribution in [0.1, 0.15) is 41.0 Å². The second-order valence-corrected chi connectivity index (χ2v) is 8.40. The number of likely N-dealkylation sites (N-methyl/N-ethyl adjacent to an activating group) is 1. The van der Waals surface area contributed by atoms with Crippen molar-refractivity contribution in [2.75, 3.05) is 46.8 Å². The highest BCUT2D eigenvalue weighted by molar-refractivity contribution is 5.78. The lowest BCUT2D eigenvalue weighted by Gasteiger charge is -2.36. The number of amides is 1. The molecule has 0 spiro atoms. The summed E-state index contributed by atoms with van der Waals surface area (Å²) in [5, 5.41) is 0. The molecule has 0 aromatic heterocycles.